The molecule has 2 aliphatic rings. The average Bonchev–Trinajstić information content (AvgIpc) is 3.99. The molecule has 0 fully saturated rings. The summed E-state index contributed by atoms with van der Waals surface area (Å²) in [6.07, 6.45) is -0.121. The zero-order valence-electron chi connectivity index (χ0n) is 29.6. The van der Waals surface area contributed by atoms with Crippen LogP contribution in [0.1, 0.15) is 35.6 Å². The van der Waals surface area contributed by atoms with Gasteiger partial charge in [-0.2, -0.15) is 46.7 Å². The van der Waals surface area contributed by atoms with E-state index in [4.69, 9.17) is 5.11 Å². The zero-order valence-corrected chi connectivity index (χ0v) is 29.6. The minimum Gasteiger partial charge on any atom is -0.480 e. The van der Waals surface area contributed by atoms with Crippen LogP contribution in [0.15, 0.2) is 85.5 Å². The second-order valence-electron chi connectivity index (χ2n) is 12.6. The Bertz CT molecular complexity index is 2310. The maximum absolute atomic E-state index is 13.2. The molecule has 6 heterocycles. The van der Waals surface area contributed by atoms with Gasteiger partial charge in [0, 0.05) is 25.5 Å². The van der Waals surface area contributed by atoms with Crippen molar-refractivity contribution in [3.63, 3.8) is 0 Å². The van der Waals surface area contributed by atoms with E-state index in [1.54, 1.807) is 35.1 Å². The SMILES string of the molecule is Fc1ccc(-n2ncc3c2CCCN3)cc1.O=C(Cn1ccc(C(F)(F)F)n1)N1CCCc2c1cnn2-c1ccc(F)cc1.O=C(O)Cn1ccc(C(F)(F)F)n1. The van der Waals surface area contributed by atoms with E-state index >= 15 is 0 Å². The average molecular weight is 805 g/mol. The Morgan fingerprint density at radius 1 is 0.684 bits per heavy atom. The summed E-state index contributed by atoms with van der Waals surface area (Å²) in [4.78, 5) is 24.3. The number of amides is 1. The first-order valence-electron chi connectivity index (χ1n) is 17.2. The molecule has 1 amide bonds. The van der Waals surface area contributed by atoms with Crippen molar-refractivity contribution in [3.05, 3.63) is 120 Å². The minimum atomic E-state index is -4.55. The molecule has 0 aliphatic carbocycles. The van der Waals surface area contributed by atoms with Crippen LogP contribution >= 0.6 is 0 Å². The first-order chi connectivity index (χ1) is 27.1. The van der Waals surface area contributed by atoms with Crippen molar-refractivity contribution in [2.24, 2.45) is 0 Å². The predicted octanol–water partition coefficient (Wildman–Crippen LogP) is 6.56. The fourth-order valence-electron chi connectivity index (χ4n) is 6.02. The van der Waals surface area contributed by atoms with Crippen molar-refractivity contribution in [2.75, 3.05) is 23.3 Å². The fraction of sp³-hybridized carbons (Fsp3) is 0.278. The summed E-state index contributed by atoms with van der Waals surface area (Å²) in [5.41, 5.74) is 3.11. The van der Waals surface area contributed by atoms with Gasteiger partial charge in [0.25, 0.3) is 0 Å². The van der Waals surface area contributed by atoms with Crippen LogP contribution in [0.5, 0.6) is 0 Å². The van der Waals surface area contributed by atoms with Crippen molar-refractivity contribution in [2.45, 2.75) is 51.1 Å². The van der Waals surface area contributed by atoms with E-state index in [9.17, 15) is 44.7 Å². The van der Waals surface area contributed by atoms with E-state index in [1.807, 2.05) is 10.9 Å². The summed E-state index contributed by atoms with van der Waals surface area (Å²) >= 11 is 0. The van der Waals surface area contributed by atoms with Gasteiger partial charge in [0.2, 0.25) is 5.91 Å². The molecule has 2 aliphatic heterocycles. The van der Waals surface area contributed by atoms with E-state index in [0.29, 0.717) is 35.4 Å². The van der Waals surface area contributed by atoms with Gasteiger partial charge in [0.15, 0.2) is 11.4 Å². The third-order valence-corrected chi connectivity index (χ3v) is 8.61. The third-order valence-electron chi connectivity index (χ3n) is 8.61. The highest BCUT2D eigenvalue weighted by Gasteiger charge is 2.35. The second kappa shape index (κ2) is 16.7. The van der Waals surface area contributed by atoms with Gasteiger partial charge < -0.3 is 15.3 Å². The van der Waals surface area contributed by atoms with Gasteiger partial charge >= 0.3 is 18.3 Å². The Kier molecular flexibility index (Phi) is 11.7. The molecule has 4 aromatic heterocycles. The number of hydrogen-bond acceptors (Lipinski definition) is 7. The van der Waals surface area contributed by atoms with Gasteiger partial charge in [-0.15, -0.1) is 0 Å². The van der Waals surface area contributed by atoms with Gasteiger partial charge in [0.05, 0.1) is 46.5 Å². The van der Waals surface area contributed by atoms with Gasteiger partial charge in [-0.1, -0.05) is 0 Å². The first-order valence-corrected chi connectivity index (χ1v) is 17.2. The number of hydrogen-bond donors (Lipinski definition) is 2. The highest BCUT2D eigenvalue weighted by Crippen LogP contribution is 2.31. The number of aromatic nitrogens is 8. The summed E-state index contributed by atoms with van der Waals surface area (Å²) in [6.45, 7) is 0.559. The van der Waals surface area contributed by atoms with E-state index < -0.39 is 36.3 Å². The number of carbonyl (C=O) groups excluding carboxylic acids is 1. The minimum absolute atomic E-state index is 0.220. The fourth-order valence-corrected chi connectivity index (χ4v) is 6.02. The third kappa shape index (κ3) is 9.83. The highest BCUT2D eigenvalue weighted by atomic mass is 19.4. The molecule has 21 heteroatoms. The molecule has 2 aromatic carbocycles. The molecule has 0 bridgehead atoms. The van der Waals surface area contributed by atoms with Gasteiger partial charge in [0.1, 0.15) is 24.7 Å². The molecule has 6 aromatic rings. The number of fused-ring (bicyclic) bond motifs is 2. The van der Waals surface area contributed by atoms with Crippen molar-refractivity contribution < 1.29 is 49.8 Å². The molecule has 13 nitrogen and oxygen atoms in total. The summed E-state index contributed by atoms with van der Waals surface area (Å²) in [5.74, 6) is -2.20. The number of aliphatic carboxylic acids is 1. The molecular weight excluding hydrogens is 772 g/mol. The number of nitrogens with one attached hydrogen (secondary N) is 1. The van der Waals surface area contributed by atoms with Crippen LogP contribution in [0.25, 0.3) is 11.4 Å². The number of carboxylic acids is 1. The van der Waals surface area contributed by atoms with E-state index in [2.05, 4.69) is 25.7 Å². The van der Waals surface area contributed by atoms with Crippen LogP contribution in [0.4, 0.5) is 46.5 Å². The zero-order chi connectivity index (χ0) is 40.9. The van der Waals surface area contributed by atoms with Gasteiger partial charge in [-0.05, 0) is 86.3 Å². The number of benzene rings is 2. The van der Waals surface area contributed by atoms with Crippen molar-refractivity contribution >= 4 is 23.3 Å². The first kappa shape index (κ1) is 40.1. The summed E-state index contributed by atoms with van der Waals surface area (Å²) in [6, 6.07) is 13.8. The maximum atomic E-state index is 13.2. The van der Waals surface area contributed by atoms with Gasteiger partial charge in [-0.3, -0.25) is 19.0 Å². The van der Waals surface area contributed by atoms with E-state index in [0.717, 1.165) is 65.7 Å². The Labute approximate surface area is 317 Å². The van der Waals surface area contributed by atoms with Crippen LogP contribution in [-0.2, 0) is 47.9 Å². The quantitative estimate of drug-likeness (QED) is 0.181. The number of rotatable bonds is 6. The number of anilines is 2. The Balaban J connectivity index is 0.000000160. The van der Waals surface area contributed by atoms with E-state index in [-0.39, 0.29) is 24.1 Å². The van der Waals surface area contributed by atoms with Crippen molar-refractivity contribution in [1.82, 2.24) is 39.1 Å². The van der Waals surface area contributed by atoms with E-state index in [1.165, 1.54) is 34.9 Å². The second-order valence-corrected chi connectivity index (χ2v) is 12.6. The Morgan fingerprint density at radius 2 is 1.19 bits per heavy atom. The number of carbonyl (C=O) groups is 2. The van der Waals surface area contributed by atoms with Crippen LogP contribution in [0.3, 0.4) is 0 Å². The lowest BCUT2D eigenvalue weighted by molar-refractivity contribution is -0.143. The summed E-state index contributed by atoms with van der Waals surface area (Å²) in [5, 5.41) is 26.6. The standard InChI is InChI=1S/C18H15F4N5O.C12H12FN3.C6H5F3N2O2/c19-12-3-5-13(6-4-12)27-14-2-1-8-26(15(14)10-23-27)17(28)11-25-9-7-16(24-25)18(20,21)22;13-9-3-5-10(6-4-9)16-12-2-1-7-14-11(12)8-15-16;7-6(8,9)4-1-2-11(10-4)3-5(12)13/h3-7,9-10H,1-2,8,11H2;3-6,8,14H,1-2,7H2;1-2H,3H2,(H,12,13). The molecule has 0 radical (unpaired) electrons. The largest absolute Gasteiger partial charge is 0.480 e. The molecule has 0 unspecified atom stereocenters. The normalized spacial score (nSPS) is 13.6. The molecule has 0 saturated heterocycles. The molecule has 57 heavy (non-hydrogen) atoms. The number of alkyl halides is 6. The lowest BCUT2D eigenvalue weighted by atomic mass is 10.1. The van der Waals surface area contributed by atoms with Gasteiger partial charge in [-0.25, -0.2) is 18.1 Å². The molecule has 0 spiro atoms. The molecule has 8 rings (SSSR count). The van der Waals surface area contributed by atoms with Crippen LogP contribution < -0.4 is 10.2 Å². The molecule has 2 N–H and O–H groups in total. The Hall–Kier alpha value is -6.54. The summed E-state index contributed by atoms with van der Waals surface area (Å²) in [7, 11) is 0. The molecule has 300 valence electrons. The monoisotopic (exact) mass is 804 g/mol. The smallest absolute Gasteiger partial charge is 0.435 e. The van der Waals surface area contributed by atoms with Crippen LogP contribution in [-0.4, -0.2) is 69.2 Å². The number of halogens is 8. The Morgan fingerprint density at radius 3 is 1.72 bits per heavy atom. The number of carboxylic acid groups (broad SMARTS) is 1. The lowest BCUT2D eigenvalue weighted by Gasteiger charge is -2.27. The number of nitrogens with zero attached hydrogens (tertiary/aromatic N) is 9. The highest BCUT2D eigenvalue weighted by molar-refractivity contribution is 5.94. The van der Waals surface area contributed by atoms with Crippen LogP contribution in [0.2, 0.25) is 0 Å². The van der Waals surface area contributed by atoms with Crippen molar-refractivity contribution in [1.29, 1.82) is 0 Å². The summed E-state index contributed by atoms with van der Waals surface area (Å²) < 4.78 is 105. The lowest BCUT2D eigenvalue weighted by Crippen LogP contribution is -2.37. The maximum Gasteiger partial charge on any atom is 0.435 e. The topological polar surface area (TPSA) is 141 Å². The predicted molar refractivity (Wildman–Crippen MR) is 187 cm³/mol. The van der Waals surface area contributed by atoms with Crippen molar-refractivity contribution in [3.8, 4) is 11.4 Å². The molecule has 0 atom stereocenters. The molecular formula is C36H32F8N10O3. The molecule has 0 saturated carbocycles. The van der Waals surface area contributed by atoms with Crippen LogP contribution in [0, 0.1) is 11.6 Å².